The second-order valence-corrected chi connectivity index (χ2v) is 3.68. The lowest BCUT2D eigenvalue weighted by Crippen LogP contribution is -2.19. The highest BCUT2D eigenvalue weighted by Gasteiger charge is 2.18. The maximum absolute atomic E-state index is 13.1. The van der Waals surface area contributed by atoms with Gasteiger partial charge >= 0.3 is 0 Å². The van der Waals surface area contributed by atoms with Gasteiger partial charge in [-0.3, -0.25) is 0 Å². The molecule has 0 radical (unpaired) electrons. The predicted molar refractivity (Wildman–Crippen MR) is 49.2 cm³/mol. The molecule has 0 bridgehead atoms. The zero-order valence-electron chi connectivity index (χ0n) is 7.80. The Bertz CT molecular complexity index is 321. The maximum Gasteiger partial charge on any atom is 0.167 e. The van der Waals surface area contributed by atoms with Gasteiger partial charge in [0.25, 0.3) is 0 Å². The minimum absolute atomic E-state index is 0.151. The summed E-state index contributed by atoms with van der Waals surface area (Å²) >= 11 is 0. The molecular formula is C11H12F2O. The van der Waals surface area contributed by atoms with Gasteiger partial charge in [0.1, 0.15) is 5.82 Å². The molecule has 0 unspecified atom stereocenters. The van der Waals surface area contributed by atoms with Gasteiger partial charge < -0.3 is 4.74 Å². The van der Waals surface area contributed by atoms with E-state index in [1.807, 2.05) is 0 Å². The van der Waals surface area contributed by atoms with Crippen LogP contribution in [0.3, 0.4) is 0 Å². The van der Waals surface area contributed by atoms with Crippen LogP contribution in [-0.2, 0) is 0 Å². The summed E-state index contributed by atoms with van der Waals surface area (Å²) in [6, 6.07) is 3.39. The topological polar surface area (TPSA) is 9.23 Å². The summed E-state index contributed by atoms with van der Waals surface area (Å²) < 4.78 is 30.8. The van der Waals surface area contributed by atoms with Gasteiger partial charge in [0.05, 0.1) is 6.61 Å². The van der Waals surface area contributed by atoms with Crippen LogP contribution in [0.1, 0.15) is 19.3 Å². The summed E-state index contributed by atoms with van der Waals surface area (Å²) in [4.78, 5) is 0. The molecule has 0 aromatic heterocycles. The van der Waals surface area contributed by atoms with Crippen molar-refractivity contribution < 1.29 is 13.5 Å². The number of hydrogen-bond acceptors (Lipinski definition) is 1. The van der Waals surface area contributed by atoms with Crippen molar-refractivity contribution in [3.8, 4) is 5.75 Å². The molecule has 0 amide bonds. The molecule has 1 nitrogen and oxygen atoms in total. The van der Waals surface area contributed by atoms with Crippen LogP contribution in [0.5, 0.6) is 5.75 Å². The predicted octanol–water partition coefficient (Wildman–Crippen LogP) is 3.14. The van der Waals surface area contributed by atoms with Crippen molar-refractivity contribution in [1.29, 1.82) is 0 Å². The molecule has 0 N–H and O–H groups in total. The number of halogens is 2. The lowest BCUT2D eigenvalue weighted by molar-refractivity contribution is 0.175. The number of benzene rings is 1. The average Bonchev–Trinajstić information content (AvgIpc) is 2.05. The monoisotopic (exact) mass is 198 g/mol. The van der Waals surface area contributed by atoms with E-state index in [4.69, 9.17) is 4.74 Å². The molecule has 0 saturated heterocycles. The quantitative estimate of drug-likeness (QED) is 0.725. The van der Waals surface area contributed by atoms with Crippen LogP contribution in [0.2, 0.25) is 0 Å². The van der Waals surface area contributed by atoms with Crippen molar-refractivity contribution in [2.75, 3.05) is 6.61 Å². The summed E-state index contributed by atoms with van der Waals surface area (Å²) in [6.07, 6.45) is 3.55. The van der Waals surface area contributed by atoms with Crippen molar-refractivity contribution in [2.45, 2.75) is 19.3 Å². The van der Waals surface area contributed by atoms with Gasteiger partial charge in [0, 0.05) is 6.07 Å². The lowest BCUT2D eigenvalue weighted by Gasteiger charge is -2.25. The minimum Gasteiger partial charge on any atom is -0.490 e. The third-order valence-corrected chi connectivity index (χ3v) is 2.59. The summed E-state index contributed by atoms with van der Waals surface area (Å²) in [5.41, 5.74) is 0. The average molecular weight is 198 g/mol. The molecular weight excluding hydrogens is 186 g/mol. The Kier molecular flexibility index (Phi) is 2.66. The van der Waals surface area contributed by atoms with Crippen molar-refractivity contribution in [3.63, 3.8) is 0 Å². The lowest BCUT2D eigenvalue weighted by atomic mass is 9.86. The third-order valence-electron chi connectivity index (χ3n) is 2.59. The maximum atomic E-state index is 13.1. The Balaban J connectivity index is 1.94. The molecule has 0 atom stereocenters. The van der Waals surface area contributed by atoms with Crippen molar-refractivity contribution in [2.24, 2.45) is 5.92 Å². The van der Waals surface area contributed by atoms with Crippen molar-refractivity contribution >= 4 is 0 Å². The van der Waals surface area contributed by atoms with Crippen LogP contribution < -0.4 is 4.74 Å². The van der Waals surface area contributed by atoms with Gasteiger partial charge in [-0.15, -0.1) is 0 Å². The van der Waals surface area contributed by atoms with E-state index in [-0.39, 0.29) is 5.75 Å². The zero-order valence-corrected chi connectivity index (χ0v) is 7.80. The highest BCUT2D eigenvalue weighted by atomic mass is 19.1. The van der Waals surface area contributed by atoms with E-state index >= 15 is 0 Å². The summed E-state index contributed by atoms with van der Waals surface area (Å²) in [5, 5.41) is 0. The van der Waals surface area contributed by atoms with Crippen LogP contribution in [-0.4, -0.2) is 6.61 Å². The van der Waals surface area contributed by atoms with E-state index < -0.39 is 11.6 Å². The Labute approximate surface area is 81.7 Å². The third kappa shape index (κ3) is 2.03. The fourth-order valence-electron chi connectivity index (χ4n) is 1.46. The summed E-state index contributed by atoms with van der Waals surface area (Å²) in [5.74, 6) is -0.486. The van der Waals surface area contributed by atoms with Crippen molar-refractivity contribution in [3.05, 3.63) is 29.8 Å². The van der Waals surface area contributed by atoms with E-state index in [0.717, 1.165) is 18.9 Å². The van der Waals surface area contributed by atoms with Gasteiger partial charge in [0.2, 0.25) is 0 Å². The normalized spacial score (nSPS) is 16.4. The van der Waals surface area contributed by atoms with Crippen LogP contribution in [0, 0.1) is 17.6 Å². The first-order valence-corrected chi connectivity index (χ1v) is 4.83. The fraction of sp³-hybridized carbons (Fsp3) is 0.455. The number of rotatable bonds is 3. The van der Waals surface area contributed by atoms with Crippen LogP contribution in [0.4, 0.5) is 8.78 Å². The van der Waals surface area contributed by atoms with Crippen LogP contribution in [0.25, 0.3) is 0 Å². The second kappa shape index (κ2) is 3.95. The van der Waals surface area contributed by atoms with E-state index in [2.05, 4.69) is 0 Å². The zero-order chi connectivity index (χ0) is 9.97. The van der Waals surface area contributed by atoms with Crippen molar-refractivity contribution in [1.82, 2.24) is 0 Å². The molecule has 0 aliphatic heterocycles. The summed E-state index contributed by atoms with van der Waals surface area (Å²) in [6.45, 7) is 0.544. The first-order valence-electron chi connectivity index (χ1n) is 4.83. The smallest absolute Gasteiger partial charge is 0.167 e. The van der Waals surface area contributed by atoms with E-state index in [1.165, 1.54) is 18.6 Å². The first kappa shape index (κ1) is 9.44. The molecule has 3 heteroatoms. The largest absolute Gasteiger partial charge is 0.490 e. The molecule has 76 valence electrons. The van der Waals surface area contributed by atoms with Gasteiger partial charge in [-0.25, -0.2) is 8.78 Å². The Morgan fingerprint density at radius 1 is 1.29 bits per heavy atom. The van der Waals surface area contributed by atoms with Crippen LogP contribution in [0.15, 0.2) is 18.2 Å². The number of hydrogen-bond donors (Lipinski definition) is 0. The second-order valence-electron chi connectivity index (χ2n) is 3.68. The Morgan fingerprint density at radius 3 is 2.64 bits per heavy atom. The van der Waals surface area contributed by atoms with E-state index in [1.54, 1.807) is 0 Å². The molecule has 14 heavy (non-hydrogen) atoms. The standard InChI is InChI=1S/C11H12F2O/c12-9-4-5-11(10(13)6-9)14-7-8-2-1-3-8/h4-6,8H,1-3,7H2. The highest BCUT2D eigenvalue weighted by Crippen LogP contribution is 2.27. The van der Waals surface area contributed by atoms with Gasteiger partial charge in [-0.2, -0.15) is 0 Å². The molecule has 1 saturated carbocycles. The fourth-order valence-corrected chi connectivity index (χ4v) is 1.46. The van der Waals surface area contributed by atoms with Gasteiger partial charge in [-0.05, 0) is 30.9 Å². The molecule has 1 fully saturated rings. The minimum atomic E-state index is -0.621. The van der Waals surface area contributed by atoms with Gasteiger partial charge in [-0.1, -0.05) is 6.42 Å². The molecule has 2 rings (SSSR count). The molecule has 1 aliphatic rings. The SMILES string of the molecule is Fc1ccc(OCC2CCC2)c(F)c1. The molecule has 1 aromatic rings. The van der Waals surface area contributed by atoms with Gasteiger partial charge in [0.15, 0.2) is 11.6 Å². The highest BCUT2D eigenvalue weighted by molar-refractivity contribution is 5.24. The van der Waals surface area contributed by atoms with E-state index in [9.17, 15) is 8.78 Å². The first-order chi connectivity index (χ1) is 6.75. The van der Waals surface area contributed by atoms with E-state index in [0.29, 0.717) is 12.5 Å². The molecule has 1 aliphatic carbocycles. The summed E-state index contributed by atoms with van der Waals surface area (Å²) in [7, 11) is 0. The molecule has 0 heterocycles. The number of ether oxygens (including phenoxy) is 1. The Morgan fingerprint density at radius 2 is 2.07 bits per heavy atom. The van der Waals surface area contributed by atoms with Crippen LogP contribution >= 0.6 is 0 Å². The molecule has 1 aromatic carbocycles. The molecule has 0 spiro atoms. The Hall–Kier alpha value is -1.12.